The number of halogens is 1. The maximum absolute atomic E-state index is 12.5. The number of hydrogen-bond acceptors (Lipinski definition) is 4. The third-order valence-electron chi connectivity index (χ3n) is 3.87. The van der Waals surface area contributed by atoms with Gasteiger partial charge in [-0.1, -0.05) is 49.7 Å². The fourth-order valence-corrected chi connectivity index (χ4v) is 2.96. The SMILES string of the molecule is CSc1ccc(COC(=O)[C@@H](NC(=O)c2ccccc2Cl)C(C)C)cc1. The van der Waals surface area contributed by atoms with Gasteiger partial charge in [-0.25, -0.2) is 4.79 Å². The summed E-state index contributed by atoms with van der Waals surface area (Å²) in [6.07, 6.45) is 2.00. The van der Waals surface area contributed by atoms with Gasteiger partial charge in [-0.15, -0.1) is 11.8 Å². The van der Waals surface area contributed by atoms with Gasteiger partial charge in [0.15, 0.2) is 0 Å². The number of amides is 1. The second-order valence-corrected chi connectivity index (χ2v) is 7.42. The Kier molecular flexibility index (Phi) is 7.54. The Morgan fingerprint density at radius 1 is 1.12 bits per heavy atom. The first-order valence-electron chi connectivity index (χ1n) is 8.27. The van der Waals surface area contributed by atoms with Crippen molar-refractivity contribution in [3.63, 3.8) is 0 Å². The van der Waals surface area contributed by atoms with E-state index < -0.39 is 17.9 Å². The first-order chi connectivity index (χ1) is 12.4. The van der Waals surface area contributed by atoms with Gasteiger partial charge in [0.05, 0.1) is 10.6 Å². The highest BCUT2D eigenvalue weighted by Gasteiger charge is 2.26. The highest BCUT2D eigenvalue weighted by molar-refractivity contribution is 7.98. The van der Waals surface area contributed by atoms with Crippen LogP contribution in [0, 0.1) is 5.92 Å². The molecule has 0 aliphatic heterocycles. The number of esters is 1. The lowest BCUT2D eigenvalue weighted by Gasteiger charge is -2.21. The lowest BCUT2D eigenvalue weighted by atomic mass is 10.0. The fraction of sp³-hybridized carbons (Fsp3) is 0.300. The second-order valence-electron chi connectivity index (χ2n) is 6.13. The third kappa shape index (κ3) is 5.51. The Hall–Kier alpha value is -1.98. The van der Waals surface area contributed by atoms with E-state index in [2.05, 4.69) is 5.32 Å². The Balaban J connectivity index is 2.00. The van der Waals surface area contributed by atoms with Crippen molar-refractivity contribution in [2.45, 2.75) is 31.4 Å². The zero-order valence-corrected chi connectivity index (χ0v) is 16.6. The van der Waals surface area contributed by atoms with Gasteiger partial charge in [0, 0.05) is 4.90 Å². The molecule has 1 N–H and O–H groups in total. The Morgan fingerprint density at radius 3 is 2.35 bits per heavy atom. The molecule has 0 spiro atoms. The Bertz CT molecular complexity index is 762. The quantitative estimate of drug-likeness (QED) is 0.555. The van der Waals surface area contributed by atoms with E-state index in [1.807, 2.05) is 44.4 Å². The predicted octanol–water partition coefficient (Wildman–Crippen LogP) is 4.56. The highest BCUT2D eigenvalue weighted by atomic mass is 35.5. The van der Waals surface area contributed by atoms with Crippen molar-refractivity contribution in [3.8, 4) is 0 Å². The third-order valence-corrected chi connectivity index (χ3v) is 4.94. The summed E-state index contributed by atoms with van der Waals surface area (Å²) in [5, 5.41) is 3.07. The van der Waals surface area contributed by atoms with Gasteiger partial charge >= 0.3 is 5.97 Å². The minimum absolute atomic E-state index is 0.118. The molecule has 0 fully saturated rings. The Morgan fingerprint density at radius 2 is 1.77 bits per heavy atom. The standard InChI is InChI=1S/C20H22ClNO3S/c1-13(2)18(22-19(23)16-6-4-5-7-17(16)21)20(24)25-12-14-8-10-15(26-3)11-9-14/h4-11,13,18H,12H2,1-3H3,(H,22,23)/t18-/m0/s1. The molecule has 0 aromatic heterocycles. The first-order valence-corrected chi connectivity index (χ1v) is 9.87. The lowest BCUT2D eigenvalue weighted by molar-refractivity contribution is -0.148. The molecular weight excluding hydrogens is 370 g/mol. The molecule has 6 heteroatoms. The summed E-state index contributed by atoms with van der Waals surface area (Å²) in [6, 6.07) is 13.8. The zero-order valence-electron chi connectivity index (χ0n) is 15.0. The van der Waals surface area contributed by atoms with Gasteiger partial charge in [-0.2, -0.15) is 0 Å². The van der Waals surface area contributed by atoms with Crippen LogP contribution >= 0.6 is 23.4 Å². The van der Waals surface area contributed by atoms with Gasteiger partial charge in [-0.05, 0) is 42.0 Å². The molecule has 0 aliphatic carbocycles. The van der Waals surface area contributed by atoms with E-state index >= 15 is 0 Å². The molecule has 0 radical (unpaired) electrons. The number of carbonyl (C=O) groups excluding carboxylic acids is 2. The van der Waals surface area contributed by atoms with E-state index in [1.165, 1.54) is 0 Å². The number of nitrogens with one attached hydrogen (secondary N) is 1. The van der Waals surface area contributed by atoms with Crippen LogP contribution in [0.25, 0.3) is 0 Å². The van der Waals surface area contributed by atoms with Crippen LogP contribution < -0.4 is 5.32 Å². The second kappa shape index (κ2) is 9.64. The molecule has 2 rings (SSSR count). The maximum atomic E-state index is 12.5. The summed E-state index contributed by atoms with van der Waals surface area (Å²) in [6.45, 7) is 3.87. The Labute approximate surface area is 163 Å². The van der Waals surface area contributed by atoms with Crippen molar-refractivity contribution in [1.29, 1.82) is 0 Å². The van der Waals surface area contributed by atoms with Crippen molar-refractivity contribution in [2.24, 2.45) is 5.92 Å². The van der Waals surface area contributed by atoms with E-state index in [-0.39, 0.29) is 12.5 Å². The molecule has 2 aromatic rings. The molecule has 26 heavy (non-hydrogen) atoms. The monoisotopic (exact) mass is 391 g/mol. The molecule has 0 aliphatic rings. The van der Waals surface area contributed by atoms with Crippen molar-refractivity contribution in [1.82, 2.24) is 5.32 Å². The van der Waals surface area contributed by atoms with Crippen LogP contribution in [0.15, 0.2) is 53.4 Å². The zero-order chi connectivity index (χ0) is 19.1. The van der Waals surface area contributed by atoms with Crippen LogP contribution in [0.4, 0.5) is 0 Å². The van der Waals surface area contributed by atoms with Crippen LogP contribution in [0.2, 0.25) is 5.02 Å². The fourth-order valence-electron chi connectivity index (χ4n) is 2.33. The van der Waals surface area contributed by atoms with Crippen LogP contribution in [-0.4, -0.2) is 24.2 Å². The predicted molar refractivity (Wildman–Crippen MR) is 106 cm³/mol. The molecular formula is C20H22ClNO3S. The number of hydrogen-bond donors (Lipinski definition) is 1. The van der Waals surface area contributed by atoms with E-state index in [9.17, 15) is 9.59 Å². The largest absolute Gasteiger partial charge is 0.459 e. The molecule has 4 nitrogen and oxygen atoms in total. The minimum atomic E-state index is -0.746. The highest BCUT2D eigenvalue weighted by Crippen LogP contribution is 2.17. The number of carbonyl (C=O) groups is 2. The van der Waals surface area contributed by atoms with Gasteiger partial charge in [0.1, 0.15) is 12.6 Å². The lowest BCUT2D eigenvalue weighted by Crippen LogP contribution is -2.45. The minimum Gasteiger partial charge on any atom is -0.459 e. The molecule has 1 amide bonds. The maximum Gasteiger partial charge on any atom is 0.329 e. The van der Waals surface area contributed by atoms with E-state index in [1.54, 1.807) is 36.0 Å². The summed E-state index contributed by atoms with van der Waals surface area (Å²) in [5.74, 6) is -0.974. The topological polar surface area (TPSA) is 55.4 Å². The summed E-state index contributed by atoms with van der Waals surface area (Å²) in [5.41, 5.74) is 1.23. The molecule has 1 atom stereocenters. The number of thioether (sulfide) groups is 1. The van der Waals surface area contributed by atoms with Gasteiger partial charge in [0.2, 0.25) is 0 Å². The molecule has 0 unspecified atom stereocenters. The molecule has 0 bridgehead atoms. The number of ether oxygens (including phenoxy) is 1. The van der Waals surface area contributed by atoms with Crippen molar-refractivity contribution in [2.75, 3.05) is 6.26 Å². The first kappa shape index (κ1) is 20.3. The van der Waals surface area contributed by atoms with Crippen LogP contribution in [0.1, 0.15) is 29.8 Å². The van der Waals surface area contributed by atoms with Gasteiger partial charge < -0.3 is 10.1 Å². The van der Waals surface area contributed by atoms with Crippen molar-refractivity contribution < 1.29 is 14.3 Å². The molecule has 0 saturated heterocycles. The van der Waals surface area contributed by atoms with E-state index in [0.717, 1.165) is 10.5 Å². The van der Waals surface area contributed by atoms with E-state index in [0.29, 0.717) is 10.6 Å². The summed E-state index contributed by atoms with van der Waals surface area (Å²) in [4.78, 5) is 26.0. The molecule has 0 saturated carbocycles. The normalized spacial score (nSPS) is 11.9. The van der Waals surface area contributed by atoms with Gasteiger partial charge in [0.25, 0.3) is 5.91 Å². The average molecular weight is 392 g/mol. The van der Waals surface area contributed by atoms with Crippen molar-refractivity contribution >= 4 is 35.2 Å². The molecule has 138 valence electrons. The average Bonchev–Trinajstić information content (AvgIpc) is 2.64. The van der Waals surface area contributed by atoms with Crippen LogP contribution in [0.5, 0.6) is 0 Å². The number of benzene rings is 2. The van der Waals surface area contributed by atoms with Gasteiger partial charge in [-0.3, -0.25) is 4.79 Å². The summed E-state index contributed by atoms with van der Waals surface area (Å²) in [7, 11) is 0. The smallest absolute Gasteiger partial charge is 0.329 e. The summed E-state index contributed by atoms with van der Waals surface area (Å²) < 4.78 is 5.40. The molecule has 2 aromatic carbocycles. The van der Waals surface area contributed by atoms with Crippen molar-refractivity contribution in [3.05, 3.63) is 64.7 Å². The molecule has 0 heterocycles. The van der Waals surface area contributed by atoms with E-state index in [4.69, 9.17) is 16.3 Å². The van der Waals surface area contributed by atoms with Crippen LogP contribution in [-0.2, 0) is 16.1 Å². The van der Waals surface area contributed by atoms with Crippen LogP contribution in [0.3, 0.4) is 0 Å². The number of rotatable bonds is 7. The summed E-state index contributed by atoms with van der Waals surface area (Å²) >= 11 is 7.70.